The number of amides is 3. The number of hydrogen-bond acceptors (Lipinski definition) is 8. The van der Waals surface area contributed by atoms with Crippen LogP contribution in [0.15, 0.2) is 109 Å². The fraction of sp³-hybridized carbons (Fsp3) is 0.139. The van der Waals surface area contributed by atoms with Crippen molar-refractivity contribution in [1.29, 1.82) is 0 Å². The summed E-state index contributed by atoms with van der Waals surface area (Å²) in [7, 11) is 6.86. The molecule has 0 saturated carbocycles. The van der Waals surface area contributed by atoms with Crippen molar-refractivity contribution in [2.75, 3.05) is 44.6 Å². The minimum Gasteiger partial charge on any atom is -0.399 e. The van der Waals surface area contributed by atoms with Gasteiger partial charge >= 0.3 is 0 Å². The average molecular weight is 631 g/mol. The summed E-state index contributed by atoms with van der Waals surface area (Å²) < 4.78 is 0. The molecule has 47 heavy (non-hydrogen) atoms. The van der Waals surface area contributed by atoms with E-state index >= 15 is 0 Å². The summed E-state index contributed by atoms with van der Waals surface area (Å²) in [4.78, 5) is 47.2. The summed E-state index contributed by atoms with van der Waals surface area (Å²) in [5, 5.41) is 6.50. The third-order valence-corrected chi connectivity index (χ3v) is 6.91. The number of nitrogen functional groups attached to an aromatic ring is 1. The molecule has 0 radical (unpaired) electrons. The van der Waals surface area contributed by atoms with Crippen LogP contribution in [0.4, 0.5) is 22.9 Å². The number of carbonyl (C=O) groups is 3. The second-order valence-electron chi connectivity index (χ2n) is 11.0. The molecule has 0 aliphatic heterocycles. The van der Waals surface area contributed by atoms with Gasteiger partial charge in [0.15, 0.2) is 0 Å². The van der Waals surface area contributed by atoms with Gasteiger partial charge < -0.3 is 31.9 Å². The maximum atomic E-state index is 12.1. The molecule has 3 aromatic carbocycles. The van der Waals surface area contributed by atoms with Gasteiger partial charge in [0.05, 0.1) is 16.9 Å². The summed E-state index contributed by atoms with van der Waals surface area (Å²) in [6, 6.07) is 29.5. The van der Waals surface area contributed by atoms with Gasteiger partial charge in [0, 0.05) is 81.3 Å². The van der Waals surface area contributed by atoms with Gasteiger partial charge in [-0.1, -0.05) is 24.3 Å². The zero-order valence-corrected chi connectivity index (χ0v) is 26.8. The molecule has 0 aliphatic rings. The Morgan fingerprint density at radius 3 is 1.96 bits per heavy atom. The number of nitrogens with two attached hydrogens (primary N) is 2. The van der Waals surface area contributed by atoms with E-state index in [1.807, 2.05) is 36.4 Å². The van der Waals surface area contributed by atoms with Crippen molar-refractivity contribution in [2.24, 2.45) is 5.73 Å². The molecule has 0 fully saturated rings. The van der Waals surface area contributed by atoms with Gasteiger partial charge in [-0.25, -0.2) is 4.98 Å². The number of rotatable bonds is 9. The van der Waals surface area contributed by atoms with E-state index in [4.69, 9.17) is 11.5 Å². The monoisotopic (exact) mass is 630 g/mol. The molecule has 3 amide bonds. The summed E-state index contributed by atoms with van der Waals surface area (Å²) >= 11 is 0. The molecule has 6 N–H and O–H groups in total. The predicted molar refractivity (Wildman–Crippen MR) is 186 cm³/mol. The van der Waals surface area contributed by atoms with Crippen LogP contribution in [0.1, 0.15) is 36.6 Å². The van der Waals surface area contributed by atoms with Crippen molar-refractivity contribution in [2.45, 2.75) is 6.54 Å². The van der Waals surface area contributed by atoms with Gasteiger partial charge in [-0.3, -0.25) is 19.4 Å². The highest BCUT2D eigenvalue weighted by atomic mass is 16.2. The van der Waals surface area contributed by atoms with Crippen LogP contribution in [0.2, 0.25) is 0 Å². The molecule has 0 aliphatic carbocycles. The first-order chi connectivity index (χ1) is 22.5. The van der Waals surface area contributed by atoms with E-state index in [0.717, 1.165) is 22.5 Å². The zero-order valence-electron chi connectivity index (χ0n) is 26.8. The molecule has 2 aromatic heterocycles. The van der Waals surface area contributed by atoms with Crippen LogP contribution in [0.3, 0.4) is 0 Å². The zero-order chi connectivity index (χ0) is 33.9. The lowest BCUT2D eigenvalue weighted by molar-refractivity contribution is 0.0820. The largest absolute Gasteiger partial charge is 0.399 e. The molecule has 0 spiro atoms. The molecule has 0 unspecified atom stereocenters. The molecule has 240 valence electrons. The fourth-order valence-corrected chi connectivity index (χ4v) is 4.42. The number of anilines is 4. The average Bonchev–Trinajstić information content (AvgIpc) is 3.08. The van der Waals surface area contributed by atoms with Gasteiger partial charge in [0.1, 0.15) is 5.82 Å². The number of primary amides is 1. The summed E-state index contributed by atoms with van der Waals surface area (Å²) in [6.45, 7) is 0.478. The topological polar surface area (TPSA) is 160 Å². The highest BCUT2D eigenvalue weighted by Crippen LogP contribution is 2.24. The smallest absolute Gasteiger partial charge is 0.253 e. The van der Waals surface area contributed by atoms with Crippen molar-refractivity contribution in [3.05, 3.63) is 132 Å². The highest BCUT2D eigenvalue weighted by molar-refractivity contribution is 5.99. The van der Waals surface area contributed by atoms with Crippen LogP contribution < -0.4 is 22.1 Å². The summed E-state index contributed by atoms with van der Waals surface area (Å²) in [5.41, 5.74) is 17.5. The maximum absolute atomic E-state index is 12.1. The number of hydrogen-bond donors (Lipinski definition) is 4. The van der Waals surface area contributed by atoms with E-state index in [-0.39, 0.29) is 11.8 Å². The Kier molecular flexibility index (Phi) is 11.2. The Labute approximate surface area is 274 Å². The van der Waals surface area contributed by atoms with Gasteiger partial charge in [0.25, 0.3) is 17.7 Å². The molecule has 5 rings (SSSR count). The van der Waals surface area contributed by atoms with Gasteiger partial charge in [0.2, 0.25) is 0 Å². The Hall–Kier alpha value is -6.23. The molecular formula is C36H38N8O3. The predicted octanol–water partition coefficient (Wildman–Crippen LogP) is 5.27. The van der Waals surface area contributed by atoms with E-state index in [1.54, 1.807) is 89.0 Å². The Balaban J connectivity index is 0.000000351. The van der Waals surface area contributed by atoms with Crippen LogP contribution in [0.5, 0.6) is 0 Å². The standard InChI is InChI=1S/C27H26N6O2.C9H12N2O/c1-33(2)27(35)19-9-11-21(12-10-19)32-25-15-24(22(17-31-25)26(28)34)30-16-18-6-5-7-20(14-18)23-8-3-4-13-29-23;1-11(2)9(12)7-3-5-8(10)6-4-7/h3-15,17H,16H2,1-2H3,(H2,28,34)(H2,30,31,32);3-6H,10H2,1-2H3. The fourth-order valence-electron chi connectivity index (χ4n) is 4.42. The van der Waals surface area contributed by atoms with Crippen LogP contribution >= 0.6 is 0 Å². The van der Waals surface area contributed by atoms with E-state index in [0.29, 0.717) is 40.4 Å². The minimum absolute atomic E-state index is 0.00463. The summed E-state index contributed by atoms with van der Waals surface area (Å²) in [5.74, 6) is -0.110. The van der Waals surface area contributed by atoms with Crippen LogP contribution in [0.25, 0.3) is 11.3 Å². The normalized spacial score (nSPS) is 10.2. The minimum atomic E-state index is -0.569. The molecule has 0 saturated heterocycles. The lowest BCUT2D eigenvalue weighted by Gasteiger charge is -2.14. The van der Waals surface area contributed by atoms with Crippen molar-refractivity contribution in [1.82, 2.24) is 19.8 Å². The van der Waals surface area contributed by atoms with Crippen LogP contribution in [-0.4, -0.2) is 65.7 Å². The van der Waals surface area contributed by atoms with E-state index in [2.05, 4.69) is 26.7 Å². The van der Waals surface area contributed by atoms with Crippen molar-refractivity contribution < 1.29 is 14.4 Å². The molecular weight excluding hydrogens is 592 g/mol. The van der Waals surface area contributed by atoms with Gasteiger partial charge in [-0.15, -0.1) is 0 Å². The van der Waals surface area contributed by atoms with Crippen molar-refractivity contribution in [3.63, 3.8) is 0 Å². The van der Waals surface area contributed by atoms with Crippen LogP contribution in [-0.2, 0) is 6.54 Å². The number of aromatic nitrogens is 2. The van der Waals surface area contributed by atoms with Crippen LogP contribution in [0, 0.1) is 0 Å². The molecule has 11 nitrogen and oxygen atoms in total. The first-order valence-corrected chi connectivity index (χ1v) is 14.7. The third-order valence-electron chi connectivity index (χ3n) is 6.91. The second kappa shape index (κ2) is 15.7. The lowest BCUT2D eigenvalue weighted by atomic mass is 10.1. The highest BCUT2D eigenvalue weighted by Gasteiger charge is 2.12. The molecule has 0 atom stereocenters. The number of nitrogens with zero attached hydrogens (tertiary/aromatic N) is 4. The van der Waals surface area contributed by atoms with Gasteiger partial charge in [-0.2, -0.15) is 0 Å². The van der Waals surface area contributed by atoms with E-state index in [9.17, 15) is 14.4 Å². The second-order valence-corrected chi connectivity index (χ2v) is 11.0. The van der Waals surface area contributed by atoms with Crippen molar-refractivity contribution >= 4 is 40.6 Å². The Bertz CT molecular complexity index is 1820. The first-order valence-electron chi connectivity index (χ1n) is 14.7. The number of benzene rings is 3. The Morgan fingerprint density at radius 1 is 0.745 bits per heavy atom. The van der Waals surface area contributed by atoms with Gasteiger partial charge in [-0.05, 0) is 72.3 Å². The third kappa shape index (κ3) is 9.38. The summed E-state index contributed by atoms with van der Waals surface area (Å²) in [6.07, 6.45) is 3.21. The Morgan fingerprint density at radius 2 is 1.38 bits per heavy atom. The van der Waals surface area contributed by atoms with E-state index < -0.39 is 5.91 Å². The van der Waals surface area contributed by atoms with Crippen molar-refractivity contribution in [3.8, 4) is 11.3 Å². The maximum Gasteiger partial charge on any atom is 0.253 e. The SMILES string of the molecule is CN(C)C(=O)c1ccc(N)cc1.CN(C)C(=O)c1ccc(Nc2cc(NCc3cccc(-c4ccccn4)c3)c(C(N)=O)cn2)cc1. The quantitative estimate of drug-likeness (QED) is 0.160. The van der Waals surface area contributed by atoms with E-state index in [1.165, 1.54) is 16.0 Å². The number of pyridine rings is 2. The lowest BCUT2D eigenvalue weighted by Crippen LogP contribution is -2.21. The first kappa shape index (κ1) is 33.7. The molecule has 5 aromatic rings. The number of carbonyl (C=O) groups excluding carboxylic acids is 3. The molecule has 0 bridgehead atoms. The molecule has 2 heterocycles. The molecule has 11 heteroatoms. The number of nitrogens with one attached hydrogen (secondary N) is 2.